The van der Waals surface area contributed by atoms with Gasteiger partial charge in [0.2, 0.25) is 0 Å². The van der Waals surface area contributed by atoms with Gasteiger partial charge < -0.3 is 18.9 Å². The van der Waals surface area contributed by atoms with Crippen molar-refractivity contribution in [3.8, 4) is 0 Å². The number of nitrogens with zero attached hydrogens (tertiary/aromatic N) is 1. The van der Waals surface area contributed by atoms with E-state index in [1.165, 1.54) is 18.3 Å². The van der Waals surface area contributed by atoms with Crippen molar-refractivity contribution < 1.29 is 33.3 Å². The average molecular weight is 665 g/mol. The molecule has 12 heteroatoms. The zero-order chi connectivity index (χ0) is 33.5. The van der Waals surface area contributed by atoms with Gasteiger partial charge >= 0.3 is 23.6 Å². The molecule has 0 unspecified atom stereocenters. The molecule has 0 radical (unpaired) electrons. The number of esters is 3. The first-order chi connectivity index (χ1) is 23.4. The van der Waals surface area contributed by atoms with Crippen molar-refractivity contribution in [2.24, 2.45) is 0 Å². The summed E-state index contributed by atoms with van der Waals surface area (Å²) in [6.45, 7) is -0.430. The van der Waals surface area contributed by atoms with Gasteiger partial charge in [-0.15, -0.1) is 0 Å². The van der Waals surface area contributed by atoms with Crippen LogP contribution in [0.15, 0.2) is 147 Å². The predicted molar refractivity (Wildman–Crippen MR) is 174 cm³/mol. The lowest BCUT2D eigenvalue weighted by atomic mass is 10.1. The van der Waals surface area contributed by atoms with E-state index in [-0.39, 0.29) is 21.6 Å². The van der Waals surface area contributed by atoms with Crippen molar-refractivity contribution in [3.05, 3.63) is 165 Å². The third-order valence-corrected chi connectivity index (χ3v) is 8.38. The molecule has 0 aliphatic carbocycles. The summed E-state index contributed by atoms with van der Waals surface area (Å²) in [7, 11) is 0. The quantitative estimate of drug-likeness (QED) is 0.162. The van der Waals surface area contributed by atoms with E-state index in [1.807, 2.05) is 6.07 Å². The van der Waals surface area contributed by atoms with Gasteiger partial charge in [0, 0.05) is 11.1 Å². The number of nitrogens with one attached hydrogen (secondary N) is 1. The maximum absolute atomic E-state index is 13.4. The van der Waals surface area contributed by atoms with Crippen molar-refractivity contribution >= 4 is 29.7 Å². The fourth-order valence-electron chi connectivity index (χ4n) is 5.03. The fraction of sp³-hybridized carbons (Fsp3) is 0.139. The number of hydrogen-bond donors (Lipinski definition) is 1. The van der Waals surface area contributed by atoms with E-state index in [9.17, 15) is 24.0 Å². The van der Waals surface area contributed by atoms with Gasteiger partial charge in [0.25, 0.3) is 5.56 Å². The fourth-order valence-corrected chi connectivity index (χ4v) is 5.88. The minimum absolute atomic E-state index is 0.148. The Morgan fingerprint density at radius 2 is 1.15 bits per heavy atom. The maximum atomic E-state index is 13.4. The molecule has 242 valence electrons. The second-order valence-electron chi connectivity index (χ2n) is 10.6. The molecule has 1 aliphatic rings. The molecule has 1 fully saturated rings. The summed E-state index contributed by atoms with van der Waals surface area (Å²) in [5.74, 6) is -2.22. The van der Waals surface area contributed by atoms with Gasteiger partial charge in [0.1, 0.15) is 12.7 Å². The highest BCUT2D eigenvalue weighted by atomic mass is 32.2. The van der Waals surface area contributed by atoms with Crippen LogP contribution >= 0.6 is 11.8 Å². The van der Waals surface area contributed by atoms with E-state index >= 15 is 0 Å². The summed E-state index contributed by atoms with van der Waals surface area (Å²) in [6.07, 6.45) is -4.10. The van der Waals surface area contributed by atoms with Crippen LogP contribution in [0.3, 0.4) is 0 Å². The monoisotopic (exact) mass is 664 g/mol. The number of hydrogen-bond acceptors (Lipinski definition) is 10. The normalized spacial score (nSPS) is 18.5. The number of H-pyrrole nitrogens is 1. The molecule has 1 aromatic heterocycles. The summed E-state index contributed by atoms with van der Waals surface area (Å²) >= 11 is 1.11. The Bertz CT molecular complexity index is 2000. The van der Waals surface area contributed by atoms with Crippen molar-refractivity contribution in [2.75, 3.05) is 6.61 Å². The van der Waals surface area contributed by atoms with Crippen LogP contribution in [0, 0.1) is 0 Å². The van der Waals surface area contributed by atoms with Crippen molar-refractivity contribution in [2.45, 2.75) is 34.3 Å². The second-order valence-corrected chi connectivity index (χ2v) is 11.7. The zero-order valence-electron chi connectivity index (χ0n) is 25.2. The molecular formula is C36H28N2O9S. The van der Waals surface area contributed by atoms with Gasteiger partial charge in [-0.25, -0.2) is 19.2 Å². The Morgan fingerprint density at radius 3 is 1.69 bits per heavy atom. The summed E-state index contributed by atoms with van der Waals surface area (Å²) < 4.78 is 24.7. The van der Waals surface area contributed by atoms with Gasteiger partial charge in [0.05, 0.1) is 21.6 Å². The molecule has 48 heavy (non-hydrogen) atoms. The second kappa shape index (κ2) is 14.8. The Morgan fingerprint density at radius 1 is 0.667 bits per heavy atom. The minimum Gasteiger partial charge on any atom is -0.459 e. The van der Waals surface area contributed by atoms with E-state index in [0.717, 1.165) is 21.2 Å². The van der Waals surface area contributed by atoms with Crippen LogP contribution in [0.2, 0.25) is 0 Å². The summed E-state index contributed by atoms with van der Waals surface area (Å²) in [6, 6.07) is 33.5. The minimum atomic E-state index is -1.43. The van der Waals surface area contributed by atoms with E-state index in [2.05, 4.69) is 4.98 Å². The first kappa shape index (κ1) is 32.2. The maximum Gasteiger partial charge on any atom is 0.338 e. The predicted octanol–water partition coefficient (Wildman–Crippen LogP) is 4.89. The standard InChI is InChI=1S/C36H28N2O9S/c39-31-28(48-26-19-11-4-12-20-26)21-38(36(43)37-31)32-30(47-35(42)25-17-9-3-10-18-25)29(46-34(41)24-15-7-2-8-16-24)27(45-32)22-44-33(40)23-13-5-1-6-14-23/h1-21,27,29-30,32H,22H2,(H,37,39,43)/t27-,29-,30-,32-/m1/s1. The topological polar surface area (TPSA) is 143 Å². The molecule has 11 nitrogen and oxygen atoms in total. The number of ether oxygens (including phenoxy) is 4. The van der Waals surface area contributed by atoms with Crippen LogP contribution in [-0.4, -0.2) is 52.4 Å². The smallest absolute Gasteiger partial charge is 0.338 e. The third kappa shape index (κ3) is 7.46. The number of rotatable bonds is 10. The molecule has 4 aromatic carbocycles. The summed E-state index contributed by atoms with van der Waals surface area (Å²) in [5, 5.41) is 0. The van der Waals surface area contributed by atoms with Crippen molar-refractivity contribution in [1.29, 1.82) is 0 Å². The third-order valence-electron chi connectivity index (χ3n) is 7.36. The molecule has 1 saturated heterocycles. The van der Waals surface area contributed by atoms with Crippen LogP contribution in [0.1, 0.15) is 37.3 Å². The Labute approximate surface area is 278 Å². The first-order valence-corrected chi connectivity index (χ1v) is 15.7. The molecule has 0 saturated carbocycles. The number of carbonyl (C=O) groups is 3. The Balaban J connectivity index is 1.39. The lowest BCUT2D eigenvalue weighted by molar-refractivity contribution is -0.0643. The number of benzene rings is 4. The number of carbonyl (C=O) groups excluding carboxylic acids is 3. The van der Waals surface area contributed by atoms with Crippen LogP contribution in [0.25, 0.3) is 0 Å². The first-order valence-electron chi connectivity index (χ1n) is 14.9. The lowest BCUT2D eigenvalue weighted by Crippen LogP contribution is -2.43. The van der Waals surface area contributed by atoms with Gasteiger partial charge in [-0.3, -0.25) is 14.3 Å². The molecule has 6 rings (SSSR count). The highest BCUT2D eigenvalue weighted by Crippen LogP contribution is 2.35. The molecular weight excluding hydrogens is 636 g/mol. The Hall–Kier alpha value is -5.72. The van der Waals surface area contributed by atoms with Crippen molar-refractivity contribution in [1.82, 2.24) is 9.55 Å². The molecule has 1 N–H and O–H groups in total. The number of aromatic nitrogens is 2. The van der Waals surface area contributed by atoms with Gasteiger partial charge in [-0.05, 0) is 48.5 Å². The Kier molecular flexibility index (Phi) is 9.93. The highest BCUT2D eigenvalue weighted by molar-refractivity contribution is 7.99. The van der Waals surface area contributed by atoms with Crippen molar-refractivity contribution in [3.63, 3.8) is 0 Å². The molecule has 0 bridgehead atoms. The largest absolute Gasteiger partial charge is 0.459 e. The zero-order valence-corrected chi connectivity index (χ0v) is 26.0. The van der Waals surface area contributed by atoms with E-state index in [1.54, 1.807) is 103 Å². The summed E-state index contributed by atoms with van der Waals surface area (Å²) in [4.78, 5) is 69.0. The molecule has 0 spiro atoms. The number of aromatic amines is 1. The molecule has 1 aliphatic heterocycles. The van der Waals surface area contributed by atoms with Gasteiger partial charge in [-0.2, -0.15) is 0 Å². The summed E-state index contributed by atoms with van der Waals surface area (Å²) in [5.41, 5.74) is -0.828. The average Bonchev–Trinajstić information content (AvgIpc) is 3.45. The van der Waals surface area contributed by atoms with E-state index < -0.39 is 60.3 Å². The lowest BCUT2D eigenvalue weighted by Gasteiger charge is -2.25. The molecule has 0 amide bonds. The van der Waals surface area contributed by atoms with E-state index in [4.69, 9.17) is 18.9 Å². The van der Waals surface area contributed by atoms with Gasteiger partial charge in [0.15, 0.2) is 18.4 Å². The SMILES string of the molecule is O=C(OC[C@H]1O[C@@H](n2cc(Sc3ccccc3)c(=O)[nH]c2=O)[C@H](OC(=O)c2ccccc2)[C@@H]1OC(=O)c1ccccc1)c1ccccc1. The van der Waals surface area contributed by atoms with Gasteiger partial charge in [-0.1, -0.05) is 84.6 Å². The molecule has 5 aromatic rings. The van der Waals surface area contributed by atoms with E-state index in [0.29, 0.717) is 0 Å². The van der Waals surface area contributed by atoms with Crippen LogP contribution in [-0.2, 0) is 18.9 Å². The molecule has 4 atom stereocenters. The van der Waals surface area contributed by atoms with Crippen LogP contribution in [0.5, 0.6) is 0 Å². The highest BCUT2D eigenvalue weighted by Gasteiger charge is 2.51. The van der Waals surface area contributed by atoms with Crippen LogP contribution < -0.4 is 11.2 Å². The molecule has 2 heterocycles. The van der Waals surface area contributed by atoms with Crippen LogP contribution in [0.4, 0.5) is 0 Å².